The molecule has 26 heavy (non-hydrogen) atoms. The number of nitrogens with one attached hydrogen (secondary N) is 2. The number of piperazine rings is 1. The molecule has 0 radical (unpaired) electrons. The molecule has 136 valence electrons. The van der Waals surface area contributed by atoms with Crippen molar-refractivity contribution in [2.75, 3.05) is 20.2 Å². The van der Waals surface area contributed by atoms with Gasteiger partial charge in [-0.15, -0.1) is 0 Å². The second kappa shape index (κ2) is 6.05. The lowest BCUT2D eigenvalue weighted by molar-refractivity contribution is -0.143. The number of hydrogen-bond acceptors (Lipinski definition) is 4. The Hall–Kier alpha value is -3.03. The lowest BCUT2D eigenvalue weighted by Crippen LogP contribution is -2.55. The van der Waals surface area contributed by atoms with E-state index >= 15 is 0 Å². The predicted octanol–water partition coefficient (Wildman–Crippen LogP) is 0.0160. The van der Waals surface area contributed by atoms with Crippen LogP contribution in [0.4, 0.5) is 0 Å². The van der Waals surface area contributed by atoms with Gasteiger partial charge in [0.05, 0.1) is 19.2 Å². The zero-order valence-electron chi connectivity index (χ0n) is 14.6. The molecule has 0 unspecified atom stereocenters. The summed E-state index contributed by atoms with van der Waals surface area (Å²) < 4.78 is 7.05. The molecule has 0 bridgehead atoms. The molecule has 1 aromatic heterocycles. The SMILES string of the molecule is COc1ccc2cc(C(=O)N[C@@H]3C[C@H]4C(=O)NCC(=O)N4C3)n(C)c2c1. The van der Waals surface area contributed by atoms with Crippen LogP contribution in [0.2, 0.25) is 0 Å². The average molecular weight is 356 g/mol. The Morgan fingerprint density at radius 1 is 1.31 bits per heavy atom. The predicted molar refractivity (Wildman–Crippen MR) is 93.9 cm³/mol. The zero-order chi connectivity index (χ0) is 18.4. The normalized spacial score (nSPS) is 22.3. The number of aryl methyl sites for hydroxylation is 1. The lowest BCUT2D eigenvalue weighted by atomic mass is 10.1. The molecule has 2 aliphatic heterocycles. The Morgan fingerprint density at radius 2 is 2.12 bits per heavy atom. The van der Waals surface area contributed by atoms with Gasteiger partial charge in [-0.05, 0) is 24.6 Å². The number of ether oxygens (including phenoxy) is 1. The minimum absolute atomic E-state index is 0.0288. The Balaban J connectivity index is 1.54. The summed E-state index contributed by atoms with van der Waals surface area (Å²) in [5.74, 6) is 0.240. The van der Waals surface area contributed by atoms with Crippen molar-refractivity contribution in [1.82, 2.24) is 20.1 Å². The second-order valence-corrected chi connectivity index (χ2v) is 6.70. The largest absolute Gasteiger partial charge is 0.497 e. The number of aromatic nitrogens is 1. The van der Waals surface area contributed by atoms with Crippen LogP contribution in [-0.2, 0) is 16.6 Å². The Labute approximate surface area is 150 Å². The van der Waals surface area contributed by atoms with Gasteiger partial charge in [-0.1, -0.05) is 0 Å². The topological polar surface area (TPSA) is 92.7 Å². The Bertz CT molecular complexity index is 895. The van der Waals surface area contributed by atoms with E-state index in [1.54, 1.807) is 12.0 Å². The summed E-state index contributed by atoms with van der Waals surface area (Å²) >= 11 is 0. The first kappa shape index (κ1) is 16.4. The van der Waals surface area contributed by atoms with Crippen LogP contribution in [0, 0.1) is 0 Å². The molecule has 2 fully saturated rings. The number of amides is 3. The van der Waals surface area contributed by atoms with E-state index in [1.807, 2.05) is 35.9 Å². The molecule has 3 amide bonds. The number of carbonyl (C=O) groups is 3. The summed E-state index contributed by atoms with van der Waals surface area (Å²) in [6.45, 7) is 0.390. The van der Waals surface area contributed by atoms with Crippen molar-refractivity contribution in [3.8, 4) is 5.75 Å². The molecule has 2 aromatic rings. The van der Waals surface area contributed by atoms with Crippen molar-refractivity contribution in [2.45, 2.75) is 18.5 Å². The number of hydrogen-bond donors (Lipinski definition) is 2. The third-order valence-corrected chi connectivity index (χ3v) is 5.16. The first-order valence-electron chi connectivity index (χ1n) is 8.49. The minimum Gasteiger partial charge on any atom is -0.497 e. The molecule has 0 saturated carbocycles. The maximum absolute atomic E-state index is 12.7. The minimum atomic E-state index is -0.488. The first-order valence-corrected chi connectivity index (χ1v) is 8.49. The maximum atomic E-state index is 12.7. The highest BCUT2D eigenvalue weighted by atomic mass is 16.5. The summed E-state index contributed by atoms with van der Waals surface area (Å²) in [5, 5.41) is 6.49. The van der Waals surface area contributed by atoms with E-state index in [1.165, 1.54) is 0 Å². The van der Waals surface area contributed by atoms with Gasteiger partial charge in [-0.2, -0.15) is 0 Å². The van der Waals surface area contributed by atoms with Gasteiger partial charge >= 0.3 is 0 Å². The summed E-state index contributed by atoms with van der Waals surface area (Å²) in [6, 6.07) is 6.73. The van der Waals surface area contributed by atoms with Crippen LogP contribution >= 0.6 is 0 Å². The smallest absolute Gasteiger partial charge is 0.268 e. The molecule has 2 N–H and O–H groups in total. The van der Waals surface area contributed by atoms with Crippen LogP contribution in [0.3, 0.4) is 0 Å². The van der Waals surface area contributed by atoms with Gasteiger partial charge < -0.3 is 24.8 Å². The Kier molecular flexibility index (Phi) is 3.82. The zero-order valence-corrected chi connectivity index (χ0v) is 14.6. The van der Waals surface area contributed by atoms with Crippen LogP contribution in [0.1, 0.15) is 16.9 Å². The molecular weight excluding hydrogens is 336 g/mol. The van der Waals surface area contributed by atoms with Gasteiger partial charge in [-0.25, -0.2) is 0 Å². The monoisotopic (exact) mass is 356 g/mol. The third kappa shape index (κ3) is 2.58. The van der Waals surface area contributed by atoms with Gasteiger partial charge in [0.1, 0.15) is 17.5 Å². The van der Waals surface area contributed by atoms with Gasteiger partial charge in [0.15, 0.2) is 0 Å². The van der Waals surface area contributed by atoms with Crippen molar-refractivity contribution in [3.63, 3.8) is 0 Å². The van der Waals surface area contributed by atoms with Gasteiger partial charge in [0.2, 0.25) is 11.8 Å². The quantitative estimate of drug-likeness (QED) is 0.811. The van der Waals surface area contributed by atoms with E-state index in [2.05, 4.69) is 10.6 Å². The molecule has 8 nitrogen and oxygen atoms in total. The van der Waals surface area contributed by atoms with E-state index in [0.717, 1.165) is 16.7 Å². The number of nitrogens with zero attached hydrogens (tertiary/aromatic N) is 2. The van der Waals surface area contributed by atoms with Crippen LogP contribution in [-0.4, -0.2) is 59.5 Å². The molecule has 0 aliphatic carbocycles. The molecule has 8 heteroatoms. The number of fused-ring (bicyclic) bond motifs is 2. The second-order valence-electron chi connectivity index (χ2n) is 6.70. The van der Waals surface area contributed by atoms with E-state index in [9.17, 15) is 14.4 Å². The first-order chi connectivity index (χ1) is 12.5. The fourth-order valence-electron chi connectivity index (χ4n) is 3.76. The van der Waals surface area contributed by atoms with Crippen LogP contribution in [0.15, 0.2) is 24.3 Å². The third-order valence-electron chi connectivity index (χ3n) is 5.16. The Morgan fingerprint density at radius 3 is 2.85 bits per heavy atom. The number of benzene rings is 1. The number of rotatable bonds is 3. The number of carbonyl (C=O) groups excluding carboxylic acids is 3. The van der Waals surface area contributed by atoms with Crippen LogP contribution in [0.5, 0.6) is 5.75 Å². The highest BCUT2D eigenvalue weighted by Gasteiger charge is 2.42. The van der Waals surface area contributed by atoms with E-state index in [-0.39, 0.29) is 30.3 Å². The highest BCUT2D eigenvalue weighted by molar-refractivity contribution is 5.99. The van der Waals surface area contributed by atoms with E-state index < -0.39 is 6.04 Å². The molecule has 1 aromatic carbocycles. The van der Waals surface area contributed by atoms with Crippen molar-refractivity contribution in [3.05, 3.63) is 30.0 Å². The highest BCUT2D eigenvalue weighted by Crippen LogP contribution is 2.25. The summed E-state index contributed by atoms with van der Waals surface area (Å²) in [5.41, 5.74) is 1.42. The van der Waals surface area contributed by atoms with Gasteiger partial charge in [0, 0.05) is 31.1 Å². The van der Waals surface area contributed by atoms with E-state index in [4.69, 9.17) is 4.74 Å². The van der Waals surface area contributed by atoms with Crippen molar-refractivity contribution in [1.29, 1.82) is 0 Å². The molecule has 0 spiro atoms. The molecule has 2 saturated heterocycles. The fourth-order valence-corrected chi connectivity index (χ4v) is 3.76. The van der Waals surface area contributed by atoms with Crippen molar-refractivity contribution >= 4 is 28.6 Å². The molecule has 2 atom stereocenters. The van der Waals surface area contributed by atoms with Crippen molar-refractivity contribution < 1.29 is 19.1 Å². The molecule has 4 rings (SSSR count). The maximum Gasteiger partial charge on any atom is 0.268 e. The summed E-state index contributed by atoms with van der Waals surface area (Å²) in [4.78, 5) is 38.2. The molecule has 3 heterocycles. The number of methoxy groups -OCH3 is 1. The van der Waals surface area contributed by atoms with E-state index in [0.29, 0.717) is 18.7 Å². The van der Waals surface area contributed by atoms with Crippen LogP contribution < -0.4 is 15.4 Å². The van der Waals surface area contributed by atoms with Crippen molar-refractivity contribution in [2.24, 2.45) is 7.05 Å². The summed E-state index contributed by atoms with van der Waals surface area (Å²) in [6.07, 6.45) is 0.432. The van der Waals surface area contributed by atoms with Gasteiger partial charge in [-0.3, -0.25) is 14.4 Å². The molecule has 2 aliphatic rings. The lowest BCUT2D eigenvalue weighted by Gasteiger charge is -2.28. The standard InChI is InChI=1S/C18H20N4O4/c1-21-13-7-12(26-2)4-3-10(13)5-14(21)18(25)20-11-6-15-17(24)19-8-16(23)22(15)9-11/h3-5,7,11,15H,6,8-9H2,1-2H3,(H,19,24)(H,20,25)/t11-,15+/m1/s1. The molecular formula is C18H20N4O4. The average Bonchev–Trinajstić information content (AvgIpc) is 3.20. The fraction of sp³-hybridized carbons (Fsp3) is 0.389. The summed E-state index contributed by atoms with van der Waals surface area (Å²) in [7, 11) is 3.43. The van der Waals surface area contributed by atoms with Crippen LogP contribution in [0.25, 0.3) is 10.9 Å². The van der Waals surface area contributed by atoms with Gasteiger partial charge in [0.25, 0.3) is 5.91 Å².